The largest absolute Gasteiger partial charge is 0.388 e. The molecule has 1 rings (SSSR count). The molecule has 0 radical (unpaired) electrons. The smallest absolute Gasteiger partial charge is 0.0804 e. The van der Waals surface area contributed by atoms with Crippen LogP contribution in [0.25, 0.3) is 0 Å². The molecule has 2 atom stereocenters. The Bertz CT molecular complexity index is 305. The minimum Gasteiger partial charge on any atom is -0.388 e. The van der Waals surface area contributed by atoms with Crippen molar-refractivity contribution < 1.29 is 5.11 Å². The molecule has 0 spiro atoms. The molecule has 0 aliphatic rings. The van der Waals surface area contributed by atoms with Gasteiger partial charge in [0, 0.05) is 6.04 Å². The standard InChI is InChI=1S/C14H23NO/c1-4-13(15)9-14(16)12-7-5-11(6-8-12)10(2)3/h5-8,10,13-14,16H,4,9,15H2,1-3H3. The van der Waals surface area contributed by atoms with E-state index in [1.165, 1.54) is 5.56 Å². The molecule has 2 heteroatoms. The summed E-state index contributed by atoms with van der Waals surface area (Å²) in [7, 11) is 0. The van der Waals surface area contributed by atoms with Crippen molar-refractivity contribution in [2.45, 2.75) is 51.7 Å². The molecule has 0 aliphatic heterocycles. The maximum atomic E-state index is 9.97. The molecule has 0 saturated carbocycles. The van der Waals surface area contributed by atoms with Gasteiger partial charge in [0.15, 0.2) is 0 Å². The van der Waals surface area contributed by atoms with E-state index in [9.17, 15) is 5.11 Å². The number of hydrogen-bond acceptors (Lipinski definition) is 2. The quantitative estimate of drug-likeness (QED) is 0.803. The Kier molecular flexibility index (Phi) is 4.97. The van der Waals surface area contributed by atoms with Crippen molar-refractivity contribution in [1.29, 1.82) is 0 Å². The highest BCUT2D eigenvalue weighted by Gasteiger charge is 2.11. The second-order valence-electron chi connectivity index (χ2n) is 4.74. The molecule has 1 aromatic rings. The maximum Gasteiger partial charge on any atom is 0.0804 e. The summed E-state index contributed by atoms with van der Waals surface area (Å²) in [6.45, 7) is 6.37. The molecule has 0 saturated heterocycles. The van der Waals surface area contributed by atoms with Crippen LogP contribution in [0.4, 0.5) is 0 Å². The van der Waals surface area contributed by atoms with Crippen molar-refractivity contribution in [3.63, 3.8) is 0 Å². The second kappa shape index (κ2) is 6.02. The number of aliphatic hydroxyl groups excluding tert-OH is 1. The van der Waals surface area contributed by atoms with Crippen molar-refractivity contribution in [2.75, 3.05) is 0 Å². The lowest BCUT2D eigenvalue weighted by Gasteiger charge is -2.16. The van der Waals surface area contributed by atoms with Crippen LogP contribution in [0.15, 0.2) is 24.3 Å². The highest BCUT2D eigenvalue weighted by molar-refractivity contribution is 5.26. The number of hydrogen-bond donors (Lipinski definition) is 2. The van der Waals surface area contributed by atoms with E-state index in [0.717, 1.165) is 12.0 Å². The third-order valence-electron chi connectivity index (χ3n) is 3.04. The van der Waals surface area contributed by atoms with Crippen LogP contribution in [0, 0.1) is 0 Å². The molecule has 1 aromatic carbocycles. The zero-order valence-corrected chi connectivity index (χ0v) is 10.5. The predicted molar refractivity (Wildman–Crippen MR) is 68.4 cm³/mol. The van der Waals surface area contributed by atoms with E-state index in [2.05, 4.69) is 26.0 Å². The Hall–Kier alpha value is -0.860. The summed E-state index contributed by atoms with van der Waals surface area (Å²) >= 11 is 0. The van der Waals surface area contributed by atoms with E-state index in [0.29, 0.717) is 12.3 Å². The molecule has 0 aliphatic carbocycles. The van der Waals surface area contributed by atoms with Gasteiger partial charge in [-0.2, -0.15) is 0 Å². The van der Waals surface area contributed by atoms with Crippen LogP contribution < -0.4 is 5.73 Å². The van der Waals surface area contributed by atoms with Gasteiger partial charge in [0.05, 0.1) is 6.10 Å². The average molecular weight is 221 g/mol. The molecule has 0 bridgehead atoms. The van der Waals surface area contributed by atoms with E-state index in [4.69, 9.17) is 5.73 Å². The molecule has 0 fully saturated rings. The van der Waals surface area contributed by atoms with Crippen LogP contribution in [0.1, 0.15) is 56.8 Å². The Morgan fingerprint density at radius 3 is 2.06 bits per heavy atom. The van der Waals surface area contributed by atoms with Crippen molar-refractivity contribution in [1.82, 2.24) is 0 Å². The normalized spacial score (nSPS) is 15.1. The Morgan fingerprint density at radius 2 is 1.62 bits per heavy atom. The number of rotatable bonds is 5. The van der Waals surface area contributed by atoms with Crippen LogP contribution in [0.3, 0.4) is 0 Å². The zero-order chi connectivity index (χ0) is 12.1. The molecule has 2 unspecified atom stereocenters. The third-order valence-corrected chi connectivity index (χ3v) is 3.04. The third kappa shape index (κ3) is 3.62. The van der Waals surface area contributed by atoms with Crippen molar-refractivity contribution in [2.24, 2.45) is 5.73 Å². The Balaban J connectivity index is 2.66. The minimum atomic E-state index is -0.434. The molecule has 90 valence electrons. The summed E-state index contributed by atoms with van der Waals surface area (Å²) < 4.78 is 0. The first kappa shape index (κ1) is 13.2. The lowest BCUT2D eigenvalue weighted by Crippen LogP contribution is -2.21. The van der Waals surface area contributed by atoms with Gasteiger partial charge in [-0.25, -0.2) is 0 Å². The lowest BCUT2D eigenvalue weighted by atomic mass is 9.97. The Labute approximate surface area is 98.5 Å². The van der Waals surface area contributed by atoms with Crippen LogP contribution in [0.5, 0.6) is 0 Å². The fourth-order valence-electron chi connectivity index (χ4n) is 1.69. The molecular weight excluding hydrogens is 198 g/mol. The van der Waals surface area contributed by atoms with Crippen molar-refractivity contribution in [3.8, 4) is 0 Å². The fraction of sp³-hybridized carbons (Fsp3) is 0.571. The van der Waals surface area contributed by atoms with Crippen molar-refractivity contribution >= 4 is 0 Å². The first-order valence-electron chi connectivity index (χ1n) is 6.08. The van der Waals surface area contributed by atoms with Crippen LogP contribution >= 0.6 is 0 Å². The molecule has 16 heavy (non-hydrogen) atoms. The topological polar surface area (TPSA) is 46.2 Å². The van der Waals surface area contributed by atoms with Crippen molar-refractivity contribution in [3.05, 3.63) is 35.4 Å². The van der Waals surface area contributed by atoms with E-state index in [1.54, 1.807) is 0 Å². The van der Waals surface area contributed by atoms with Gasteiger partial charge in [-0.3, -0.25) is 0 Å². The van der Waals surface area contributed by atoms with Gasteiger partial charge in [0.25, 0.3) is 0 Å². The van der Waals surface area contributed by atoms with Gasteiger partial charge < -0.3 is 10.8 Å². The highest BCUT2D eigenvalue weighted by Crippen LogP contribution is 2.21. The highest BCUT2D eigenvalue weighted by atomic mass is 16.3. The number of benzene rings is 1. The Morgan fingerprint density at radius 1 is 1.12 bits per heavy atom. The molecule has 0 aromatic heterocycles. The van der Waals surface area contributed by atoms with Gasteiger partial charge >= 0.3 is 0 Å². The van der Waals surface area contributed by atoms with E-state index in [1.807, 2.05) is 19.1 Å². The summed E-state index contributed by atoms with van der Waals surface area (Å²) in [6, 6.07) is 8.26. The fourth-order valence-corrected chi connectivity index (χ4v) is 1.69. The molecule has 3 N–H and O–H groups in total. The predicted octanol–water partition coefficient (Wildman–Crippen LogP) is 2.97. The number of aliphatic hydroxyl groups is 1. The van der Waals surface area contributed by atoms with Gasteiger partial charge in [-0.15, -0.1) is 0 Å². The van der Waals surface area contributed by atoms with Gasteiger partial charge in [-0.05, 0) is 29.9 Å². The number of nitrogens with two attached hydrogens (primary N) is 1. The maximum absolute atomic E-state index is 9.97. The van der Waals surface area contributed by atoms with E-state index in [-0.39, 0.29) is 6.04 Å². The molecule has 0 amide bonds. The zero-order valence-electron chi connectivity index (χ0n) is 10.5. The van der Waals surface area contributed by atoms with Crippen LogP contribution in [0.2, 0.25) is 0 Å². The minimum absolute atomic E-state index is 0.0831. The molecule has 2 nitrogen and oxygen atoms in total. The van der Waals surface area contributed by atoms with Gasteiger partial charge in [0.2, 0.25) is 0 Å². The summed E-state index contributed by atoms with van der Waals surface area (Å²) in [5.41, 5.74) is 8.10. The van der Waals surface area contributed by atoms with Crippen LogP contribution in [-0.2, 0) is 0 Å². The second-order valence-corrected chi connectivity index (χ2v) is 4.74. The van der Waals surface area contributed by atoms with E-state index < -0.39 is 6.10 Å². The first-order chi connectivity index (χ1) is 7.54. The summed E-state index contributed by atoms with van der Waals surface area (Å²) in [5, 5.41) is 9.97. The average Bonchev–Trinajstić information content (AvgIpc) is 2.28. The summed E-state index contributed by atoms with van der Waals surface area (Å²) in [4.78, 5) is 0. The first-order valence-corrected chi connectivity index (χ1v) is 6.08. The SMILES string of the molecule is CCC(N)CC(O)c1ccc(C(C)C)cc1. The molecular formula is C14H23NO. The van der Waals surface area contributed by atoms with Crippen LogP contribution in [-0.4, -0.2) is 11.1 Å². The molecule has 0 heterocycles. The summed E-state index contributed by atoms with van der Waals surface area (Å²) in [5.74, 6) is 0.532. The van der Waals surface area contributed by atoms with Gasteiger partial charge in [-0.1, -0.05) is 45.0 Å². The summed E-state index contributed by atoms with van der Waals surface area (Å²) in [6.07, 6.45) is 1.11. The monoisotopic (exact) mass is 221 g/mol. The van der Waals surface area contributed by atoms with E-state index >= 15 is 0 Å². The van der Waals surface area contributed by atoms with Gasteiger partial charge in [0.1, 0.15) is 0 Å². The lowest BCUT2D eigenvalue weighted by molar-refractivity contribution is 0.157.